The lowest BCUT2D eigenvalue weighted by molar-refractivity contribution is 0.00244. The van der Waals surface area contributed by atoms with Gasteiger partial charge < -0.3 is 33.5 Å². The molecule has 1 saturated heterocycles. The Balaban J connectivity index is 0. The second-order valence-electron chi connectivity index (χ2n) is 9.13. The summed E-state index contributed by atoms with van der Waals surface area (Å²) in [5.41, 5.74) is 1.01. The number of nitrogens with two attached hydrogens (primary N) is 1. The quantitative estimate of drug-likeness (QED) is 0.335. The lowest BCUT2D eigenvalue weighted by Crippen LogP contribution is -2.17. The number of sulfonamides is 1. The fraction of sp³-hybridized carbons (Fsp3) is 0.786. The van der Waals surface area contributed by atoms with Crippen molar-refractivity contribution in [2.75, 3.05) is 68.1 Å². The number of aryl methyl sites for hydroxylation is 1. The Morgan fingerprint density at radius 1 is 0.923 bits per heavy atom. The van der Waals surface area contributed by atoms with Crippen LogP contribution in [-0.2, 0) is 38.4 Å². The number of primary sulfonamides is 1. The lowest BCUT2D eigenvalue weighted by atomic mass is 10.2. The van der Waals surface area contributed by atoms with E-state index in [-0.39, 0.29) is 11.0 Å². The molecular weight excluding hydrogens is 526 g/mol. The molecule has 3 N–H and O–H groups in total. The van der Waals surface area contributed by atoms with Crippen LogP contribution in [0, 0.1) is 12.8 Å². The first kappa shape index (κ1) is 40.0. The van der Waals surface area contributed by atoms with Crippen LogP contribution in [-0.4, -0.2) is 99.9 Å². The maximum absolute atomic E-state index is 10.7. The molecule has 3 unspecified atom stereocenters. The van der Waals surface area contributed by atoms with Crippen LogP contribution in [0.4, 0.5) is 0 Å². The first-order valence-electron chi connectivity index (χ1n) is 13.5. The van der Waals surface area contributed by atoms with E-state index in [1.165, 1.54) is 25.0 Å². The van der Waals surface area contributed by atoms with Gasteiger partial charge in [0.05, 0.1) is 43.5 Å². The summed E-state index contributed by atoms with van der Waals surface area (Å²) in [5, 5.41) is 13.6. The van der Waals surface area contributed by atoms with Crippen LogP contribution in [0.3, 0.4) is 0 Å². The molecule has 0 amide bonds. The summed E-state index contributed by atoms with van der Waals surface area (Å²) in [7, 11) is 3.20. The van der Waals surface area contributed by atoms with Crippen LogP contribution in [0.25, 0.3) is 0 Å². The smallest absolute Gasteiger partial charge is 0.238 e. The Kier molecular flexibility index (Phi) is 26.4. The second kappa shape index (κ2) is 25.8. The molecule has 39 heavy (non-hydrogen) atoms. The maximum atomic E-state index is 10.7. The molecular formula is C28H55NO9S. The Morgan fingerprint density at radius 3 is 1.72 bits per heavy atom. The van der Waals surface area contributed by atoms with Gasteiger partial charge in [-0.15, -0.1) is 0 Å². The van der Waals surface area contributed by atoms with Crippen LogP contribution >= 0.6 is 0 Å². The first-order valence-corrected chi connectivity index (χ1v) is 15.0. The maximum Gasteiger partial charge on any atom is 0.238 e. The standard InChI is InChI=1S/C7H9NO2S.C7H16O2.C5H12O2.C5H10O.C4H8O2/c1-6-2-4-7(5-3-6)11(8,9)10;1-4-7(6-8-3)9-5-2;1-3-5(6)4-7-2;1-6-4-5-2-3-5;1-5-2-4-3-6-4/h2-5H,1H3,(H2,8,9,10);7H,4-6H2,1-3H3;5-6H,3-4H2,1-2H3;5H,2-4H2,1H3;4H,2-3H2,1H3. The van der Waals surface area contributed by atoms with Crippen molar-refractivity contribution in [2.24, 2.45) is 11.1 Å². The highest BCUT2D eigenvalue weighted by molar-refractivity contribution is 7.89. The number of aliphatic hydroxyl groups is 1. The van der Waals surface area contributed by atoms with Crippen LogP contribution in [0.5, 0.6) is 0 Å². The summed E-state index contributed by atoms with van der Waals surface area (Å²) in [6.07, 6.45) is 5.04. The van der Waals surface area contributed by atoms with E-state index in [4.69, 9.17) is 33.9 Å². The highest BCUT2D eigenvalue weighted by Gasteiger charge is 2.21. The molecule has 11 heteroatoms. The second-order valence-corrected chi connectivity index (χ2v) is 10.7. The number of benzene rings is 1. The summed E-state index contributed by atoms with van der Waals surface area (Å²) in [5.74, 6) is 0.926. The van der Waals surface area contributed by atoms with E-state index in [0.717, 1.165) is 50.8 Å². The Morgan fingerprint density at radius 2 is 1.46 bits per heavy atom. The van der Waals surface area contributed by atoms with Gasteiger partial charge in [0.2, 0.25) is 10.0 Å². The summed E-state index contributed by atoms with van der Waals surface area (Å²) in [6, 6.07) is 6.40. The van der Waals surface area contributed by atoms with Gasteiger partial charge in [0.25, 0.3) is 0 Å². The molecule has 10 nitrogen and oxygen atoms in total. The number of aliphatic hydroxyl groups excluding tert-OH is 1. The molecule has 2 fully saturated rings. The van der Waals surface area contributed by atoms with Gasteiger partial charge in [0, 0.05) is 41.7 Å². The van der Waals surface area contributed by atoms with Gasteiger partial charge in [-0.05, 0) is 57.6 Å². The zero-order valence-electron chi connectivity index (χ0n) is 25.4. The summed E-state index contributed by atoms with van der Waals surface area (Å²) < 4.78 is 50.7. The van der Waals surface area contributed by atoms with Gasteiger partial charge in [-0.1, -0.05) is 31.5 Å². The van der Waals surface area contributed by atoms with Gasteiger partial charge in [0.15, 0.2) is 0 Å². The molecule has 0 aromatic heterocycles. The van der Waals surface area contributed by atoms with Crippen LogP contribution in [0.1, 0.15) is 52.0 Å². The van der Waals surface area contributed by atoms with E-state index >= 15 is 0 Å². The Bertz CT molecular complexity index is 735. The minimum absolute atomic E-state index is 0.156. The number of hydrogen-bond acceptors (Lipinski definition) is 9. The highest BCUT2D eigenvalue weighted by atomic mass is 32.2. The van der Waals surface area contributed by atoms with E-state index in [0.29, 0.717) is 25.4 Å². The van der Waals surface area contributed by atoms with Gasteiger partial charge in [-0.25, -0.2) is 13.6 Å². The number of epoxide rings is 1. The third-order valence-electron chi connectivity index (χ3n) is 5.24. The third kappa shape index (κ3) is 28.2. The Labute approximate surface area is 237 Å². The van der Waals surface area contributed by atoms with Crippen molar-refractivity contribution in [3.05, 3.63) is 29.8 Å². The van der Waals surface area contributed by atoms with E-state index in [1.54, 1.807) is 40.6 Å². The molecule has 3 atom stereocenters. The number of hydrogen-bond donors (Lipinski definition) is 2. The number of ether oxygens (including phenoxy) is 6. The average Bonchev–Trinajstić information content (AvgIpc) is 3.83. The van der Waals surface area contributed by atoms with Crippen LogP contribution in [0.2, 0.25) is 0 Å². The molecule has 1 heterocycles. The fourth-order valence-corrected chi connectivity index (χ4v) is 3.13. The van der Waals surface area contributed by atoms with E-state index in [2.05, 4.69) is 11.7 Å². The minimum Gasteiger partial charge on any atom is -0.391 e. The van der Waals surface area contributed by atoms with Crippen LogP contribution in [0.15, 0.2) is 29.2 Å². The van der Waals surface area contributed by atoms with E-state index in [9.17, 15) is 8.42 Å². The lowest BCUT2D eigenvalue weighted by Gasteiger charge is -2.12. The minimum atomic E-state index is -3.52. The molecule has 2 aliphatic rings. The van der Waals surface area contributed by atoms with E-state index in [1.807, 2.05) is 20.8 Å². The number of rotatable bonds is 13. The fourth-order valence-electron chi connectivity index (χ4n) is 2.61. The summed E-state index contributed by atoms with van der Waals surface area (Å²) in [4.78, 5) is 0.156. The monoisotopic (exact) mass is 581 g/mol. The predicted octanol–water partition coefficient (Wildman–Crippen LogP) is 3.57. The normalized spacial score (nSPS) is 16.9. The van der Waals surface area contributed by atoms with Crippen molar-refractivity contribution in [2.45, 2.75) is 76.6 Å². The van der Waals surface area contributed by atoms with Gasteiger partial charge in [-0.3, -0.25) is 0 Å². The molecule has 0 spiro atoms. The van der Waals surface area contributed by atoms with E-state index < -0.39 is 10.0 Å². The molecule has 3 rings (SSSR count). The molecule has 1 saturated carbocycles. The molecule has 1 aromatic carbocycles. The molecule has 232 valence electrons. The molecule has 0 bridgehead atoms. The summed E-state index contributed by atoms with van der Waals surface area (Å²) >= 11 is 0. The van der Waals surface area contributed by atoms with Crippen molar-refractivity contribution in [1.29, 1.82) is 0 Å². The largest absolute Gasteiger partial charge is 0.391 e. The zero-order valence-corrected chi connectivity index (χ0v) is 26.2. The molecule has 1 aliphatic heterocycles. The predicted molar refractivity (Wildman–Crippen MR) is 155 cm³/mol. The Hall–Kier alpha value is -1.15. The highest BCUT2D eigenvalue weighted by Crippen LogP contribution is 2.28. The van der Waals surface area contributed by atoms with Crippen molar-refractivity contribution >= 4 is 10.0 Å². The number of methoxy groups -OCH3 is 4. The van der Waals surface area contributed by atoms with Gasteiger partial charge in [-0.2, -0.15) is 0 Å². The van der Waals surface area contributed by atoms with Crippen molar-refractivity contribution in [1.82, 2.24) is 0 Å². The van der Waals surface area contributed by atoms with Crippen LogP contribution < -0.4 is 5.14 Å². The molecule has 1 aromatic rings. The molecule has 1 aliphatic carbocycles. The third-order valence-corrected chi connectivity index (χ3v) is 6.17. The van der Waals surface area contributed by atoms with Gasteiger partial charge in [0.1, 0.15) is 6.10 Å². The van der Waals surface area contributed by atoms with Crippen molar-refractivity contribution in [3.63, 3.8) is 0 Å². The first-order chi connectivity index (χ1) is 18.5. The average molecular weight is 582 g/mol. The van der Waals surface area contributed by atoms with Crippen molar-refractivity contribution in [3.8, 4) is 0 Å². The van der Waals surface area contributed by atoms with Crippen molar-refractivity contribution < 1.29 is 41.9 Å². The SMILES string of the molecule is CCC(O)COC.CCOC(CC)COC.COCC1CC1.COCC1CO1.Cc1ccc(S(N)(=O)=O)cc1. The summed E-state index contributed by atoms with van der Waals surface area (Å²) in [6.45, 7) is 12.5. The zero-order chi connectivity index (χ0) is 30.1. The van der Waals surface area contributed by atoms with Gasteiger partial charge >= 0.3 is 0 Å². The topological polar surface area (TPSA) is 139 Å². The molecule has 0 radical (unpaired) electrons.